The Balaban J connectivity index is 2.26. The zero-order chi connectivity index (χ0) is 15.0. The molecule has 0 heterocycles. The maximum Gasteiger partial charge on any atom is 0.328 e. The Morgan fingerprint density at radius 3 is 2.55 bits per heavy atom. The van der Waals surface area contributed by atoms with Crippen molar-refractivity contribution in [3.63, 3.8) is 0 Å². The van der Waals surface area contributed by atoms with Crippen LogP contribution in [-0.4, -0.2) is 30.3 Å². The van der Waals surface area contributed by atoms with Gasteiger partial charge in [-0.3, -0.25) is 4.79 Å². The molecule has 4 nitrogen and oxygen atoms in total. The number of carbonyl (C=O) groups excluding carboxylic acids is 2. The second-order valence-electron chi connectivity index (χ2n) is 4.52. The van der Waals surface area contributed by atoms with Crippen LogP contribution in [0.15, 0.2) is 24.3 Å². The van der Waals surface area contributed by atoms with Crippen LogP contribution in [0.1, 0.15) is 25.0 Å². The van der Waals surface area contributed by atoms with E-state index in [4.69, 9.17) is 4.74 Å². The van der Waals surface area contributed by atoms with Crippen molar-refractivity contribution in [1.82, 2.24) is 5.32 Å². The number of hydrogen-bond donors (Lipinski definition) is 1. The van der Waals surface area contributed by atoms with Crippen molar-refractivity contribution in [2.75, 3.05) is 12.4 Å². The van der Waals surface area contributed by atoms with E-state index in [-0.39, 0.29) is 5.91 Å². The number of benzene rings is 1. The molecule has 1 rings (SSSR count). The van der Waals surface area contributed by atoms with Crippen molar-refractivity contribution in [2.45, 2.75) is 32.6 Å². The van der Waals surface area contributed by atoms with Gasteiger partial charge in [-0.25, -0.2) is 4.79 Å². The number of ether oxygens (including phenoxy) is 1. The van der Waals surface area contributed by atoms with Crippen LogP contribution in [0.25, 0.3) is 0 Å². The quantitative estimate of drug-likeness (QED) is 0.784. The van der Waals surface area contributed by atoms with Crippen LogP contribution in [0.4, 0.5) is 0 Å². The first kappa shape index (κ1) is 16.6. The van der Waals surface area contributed by atoms with Gasteiger partial charge in [0, 0.05) is 5.75 Å². The molecule has 1 aromatic rings. The molecule has 0 saturated carbocycles. The highest BCUT2D eigenvalue weighted by molar-refractivity contribution is 7.99. The van der Waals surface area contributed by atoms with Gasteiger partial charge in [-0.1, -0.05) is 29.8 Å². The maximum absolute atomic E-state index is 11.7. The molecule has 0 aliphatic carbocycles. The molecule has 0 bridgehead atoms. The Hall–Kier alpha value is -1.49. The lowest BCUT2D eigenvalue weighted by Gasteiger charge is -2.12. The first-order chi connectivity index (χ1) is 9.52. The number of esters is 1. The molecule has 0 aliphatic heterocycles. The summed E-state index contributed by atoms with van der Waals surface area (Å²) in [7, 11) is 0. The fourth-order valence-corrected chi connectivity index (χ4v) is 2.35. The molecule has 1 amide bonds. The number of rotatable bonds is 7. The molecular weight excluding hydrogens is 274 g/mol. The third-order valence-corrected chi connectivity index (χ3v) is 3.64. The molecule has 1 aromatic carbocycles. The Morgan fingerprint density at radius 2 is 1.95 bits per heavy atom. The van der Waals surface area contributed by atoms with E-state index in [1.165, 1.54) is 22.9 Å². The smallest absolute Gasteiger partial charge is 0.328 e. The predicted molar refractivity (Wildman–Crippen MR) is 81.6 cm³/mol. The standard InChI is InChI=1S/C15H21NO3S/c1-4-19-15(18)12(3)16-14(17)10-20-9-13-7-5-11(2)6-8-13/h5-8,12H,4,9-10H2,1-3H3,(H,16,17). The number of carbonyl (C=O) groups is 2. The molecule has 1 N–H and O–H groups in total. The summed E-state index contributed by atoms with van der Waals surface area (Å²) in [5.74, 6) is 0.561. The Morgan fingerprint density at radius 1 is 1.30 bits per heavy atom. The summed E-state index contributed by atoms with van der Waals surface area (Å²) in [6.45, 7) is 5.73. The van der Waals surface area contributed by atoms with E-state index in [0.29, 0.717) is 12.4 Å². The van der Waals surface area contributed by atoms with Gasteiger partial charge in [0.2, 0.25) is 5.91 Å². The van der Waals surface area contributed by atoms with Crippen LogP contribution in [0.5, 0.6) is 0 Å². The van der Waals surface area contributed by atoms with E-state index in [1.54, 1.807) is 13.8 Å². The minimum atomic E-state index is -0.595. The Kier molecular flexibility index (Phi) is 7.15. The first-order valence-electron chi connectivity index (χ1n) is 6.62. The summed E-state index contributed by atoms with van der Waals surface area (Å²) in [6.07, 6.45) is 0. The SMILES string of the molecule is CCOC(=O)C(C)NC(=O)CSCc1ccc(C)cc1. The van der Waals surface area contributed by atoms with Crippen molar-refractivity contribution in [1.29, 1.82) is 0 Å². The van der Waals surface area contributed by atoms with Crippen LogP contribution in [0.3, 0.4) is 0 Å². The second kappa shape index (κ2) is 8.64. The Labute approximate surface area is 124 Å². The van der Waals surface area contributed by atoms with Crippen LogP contribution in [0, 0.1) is 6.92 Å². The molecule has 0 radical (unpaired) electrons. The van der Waals surface area contributed by atoms with Crippen molar-refractivity contribution >= 4 is 23.6 Å². The van der Waals surface area contributed by atoms with Crippen molar-refractivity contribution < 1.29 is 14.3 Å². The van der Waals surface area contributed by atoms with Gasteiger partial charge >= 0.3 is 5.97 Å². The molecule has 0 aromatic heterocycles. The second-order valence-corrected chi connectivity index (χ2v) is 5.51. The monoisotopic (exact) mass is 295 g/mol. The third-order valence-electron chi connectivity index (χ3n) is 2.64. The summed E-state index contributed by atoms with van der Waals surface area (Å²) in [5, 5.41) is 2.63. The third kappa shape index (κ3) is 6.10. The van der Waals surface area contributed by atoms with Crippen LogP contribution < -0.4 is 5.32 Å². The number of hydrogen-bond acceptors (Lipinski definition) is 4. The van der Waals surface area contributed by atoms with Gasteiger partial charge in [0.1, 0.15) is 6.04 Å². The summed E-state index contributed by atoms with van der Waals surface area (Å²) in [6, 6.07) is 7.63. The molecule has 20 heavy (non-hydrogen) atoms. The van der Waals surface area contributed by atoms with E-state index in [2.05, 4.69) is 29.6 Å². The van der Waals surface area contributed by atoms with Gasteiger partial charge in [0.25, 0.3) is 0 Å². The van der Waals surface area contributed by atoms with Gasteiger partial charge in [0.05, 0.1) is 12.4 Å². The number of nitrogens with one attached hydrogen (secondary N) is 1. The highest BCUT2D eigenvalue weighted by atomic mass is 32.2. The van der Waals surface area contributed by atoms with E-state index in [0.717, 1.165) is 5.75 Å². The minimum Gasteiger partial charge on any atom is -0.464 e. The largest absolute Gasteiger partial charge is 0.464 e. The van der Waals surface area contributed by atoms with E-state index in [1.807, 2.05) is 6.92 Å². The normalized spacial score (nSPS) is 11.8. The lowest BCUT2D eigenvalue weighted by atomic mass is 10.2. The summed E-state index contributed by atoms with van der Waals surface area (Å²) < 4.78 is 4.83. The van der Waals surface area contributed by atoms with Crippen LogP contribution in [0.2, 0.25) is 0 Å². The molecule has 1 unspecified atom stereocenters. The number of amides is 1. The van der Waals surface area contributed by atoms with Crippen LogP contribution >= 0.6 is 11.8 Å². The first-order valence-corrected chi connectivity index (χ1v) is 7.77. The van der Waals surface area contributed by atoms with Gasteiger partial charge in [-0.2, -0.15) is 0 Å². The summed E-state index contributed by atoms with van der Waals surface area (Å²) in [4.78, 5) is 23.0. The zero-order valence-corrected chi connectivity index (χ0v) is 13.0. The molecule has 1 atom stereocenters. The number of thioether (sulfide) groups is 1. The van der Waals surface area contributed by atoms with Crippen molar-refractivity contribution in [3.05, 3.63) is 35.4 Å². The van der Waals surface area contributed by atoms with Crippen molar-refractivity contribution in [2.24, 2.45) is 0 Å². The zero-order valence-electron chi connectivity index (χ0n) is 12.1. The van der Waals surface area contributed by atoms with Gasteiger partial charge in [-0.15, -0.1) is 11.8 Å². The predicted octanol–water partition coefficient (Wildman–Crippen LogP) is 2.30. The van der Waals surface area contributed by atoms with E-state index >= 15 is 0 Å². The van der Waals surface area contributed by atoms with E-state index < -0.39 is 12.0 Å². The molecule has 0 aliphatic rings. The minimum absolute atomic E-state index is 0.150. The summed E-state index contributed by atoms with van der Waals surface area (Å²) >= 11 is 1.52. The van der Waals surface area contributed by atoms with Gasteiger partial charge in [-0.05, 0) is 26.3 Å². The Bertz CT molecular complexity index is 445. The molecule has 5 heteroatoms. The van der Waals surface area contributed by atoms with Gasteiger partial charge in [0.15, 0.2) is 0 Å². The molecule has 0 saturated heterocycles. The fraction of sp³-hybridized carbons (Fsp3) is 0.467. The van der Waals surface area contributed by atoms with Crippen molar-refractivity contribution in [3.8, 4) is 0 Å². The lowest BCUT2D eigenvalue weighted by molar-refractivity contribution is -0.146. The highest BCUT2D eigenvalue weighted by Gasteiger charge is 2.16. The van der Waals surface area contributed by atoms with E-state index in [9.17, 15) is 9.59 Å². The molecule has 0 fully saturated rings. The summed E-state index contributed by atoms with van der Waals surface area (Å²) in [5.41, 5.74) is 2.41. The van der Waals surface area contributed by atoms with Crippen LogP contribution in [-0.2, 0) is 20.1 Å². The topological polar surface area (TPSA) is 55.4 Å². The highest BCUT2D eigenvalue weighted by Crippen LogP contribution is 2.12. The average Bonchev–Trinajstić information content (AvgIpc) is 2.41. The van der Waals surface area contributed by atoms with Gasteiger partial charge < -0.3 is 10.1 Å². The molecular formula is C15H21NO3S. The molecule has 110 valence electrons. The lowest BCUT2D eigenvalue weighted by Crippen LogP contribution is -2.40. The maximum atomic E-state index is 11.7. The molecule has 0 spiro atoms. The average molecular weight is 295 g/mol. The fourth-order valence-electron chi connectivity index (χ4n) is 1.56. The number of aryl methyl sites for hydroxylation is 1.